The molecular formula is C16H26BrN3. The Balaban J connectivity index is 2.18. The van der Waals surface area contributed by atoms with Crippen LogP contribution < -0.4 is 10.2 Å². The molecule has 1 aromatic carbocycles. The molecule has 3 nitrogen and oxygen atoms in total. The molecule has 1 atom stereocenters. The van der Waals surface area contributed by atoms with E-state index in [0.29, 0.717) is 6.04 Å². The molecule has 0 spiro atoms. The maximum atomic E-state index is 3.59. The molecule has 0 radical (unpaired) electrons. The topological polar surface area (TPSA) is 18.5 Å². The van der Waals surface area contributed by atoms with Crippen LogP contribution in [0, 0.1) is 0 Å². The van der Waals surface area contributed by atoms with Gasteiger partial charge in [-0.15, -0.1) is 0 Å². The molecule has 0 bridgehead atoms. The molecular weight excluding hydrogens is 314 g/mol. The number of anilines is 1. The van der Waals surface area contributed by atoms with Crippen LogP contribution in [0.2, 0.25) is 0 Å². The molecule has 2 rings (SSSR count). The van der Waals surface area contributed by atoms with Gasteiger partial charge in [0.1, 0.15) is 0 Å². The minimum atomic E-state index is 0.666. The molecule has 112 valence electrons. The summed E-state index contributed by atoms with van der Waals surface area (Å²) in [5, 5.41) is 3.45. The van der Waals surface area contributed by atoms with Gasteiger partial charge in [-0.25, -0.2) is 0 Å². The number of rotatable bonds is 5. The second-order valence-corrected chi connectivity index (χ2v) is 6.46. The number of benzene rings is 1. The van der Waals surface area contributed by atoms with Crippen LogP contribution >= 0.6 is 15.9 Å². The monoisotopic (exact) mass is 339 g/mol. The lowest BCUT2D eigenvalue weighted by atomic mass is 10.1. The Morgan fingerprint density at radius 2 is 2.10 bits per heavy atom. The first-order valence-electron chi connectivity index (χ1n) is 7.60. The van der Waals surface area contributed by atoms with Crippen molar-refractivity contribution >= 4 is 21.6 Å². The van der Waals surface area contributed by atoms with Crippen LogP contribution in [0.15, 0.2) is 22.7 Å². The Morgan fingerprint density at radius 1 is 1.30 bits per heavy atom. The van der Waals surface area contributed by atoms with E-state index in [9.17, 15) is 0 Å². The van der Waals surface area contributed by atoms with E-state index in [1.54, 1.807) is 0 Å². The average molecular weight is 340 g/mol. The first kappa shape index (κ1) is 15.8. The quantitative estimate of drug-likeness (QED) is 0.889. The Hall–Kier alpha value is -0.580. The third kappa shape index (κ3) is 3.74. The van der Waals surface area contributed by atoms with Crippen molar-refractivity contribution in [3.63, 3.8) is 0 Å². The van der Waals surface area contributed by atoms with Crippen LogP contribution in [0.1, 0.15) is 25.8 Å². The number of hydrogen-bond donors (Lipinski definition) is 1. The van der Waals surface area contributed by atoms with Gasteiger partial charge in [0.25, 0.3) is 0 Å². The number of halogens is 1. The minimum absolute atomic E-state index is 0.666. The van der Waals surface area contributed by atoms with Gasteiger partial charge in [-0.05, 0) is 43.8 Å². The third-order valence-corrected chi connectivity index (χ3v) is 4.69. The fourth-order valence-electron chi connectivity index (χ4n) is 2.87. The molecule has 1 saturated heterocycles. The second kappa shape index (κ2) is 7.43. The van der Waals surface area contributed by atoms with E-state index >= 15 is 0 Å². The first-order chi connectivity index (χ1) is 9.65. The highest BCUT2D eigenvalue weighted by molar-refractivity contribution is 9.10. The maximum absolute atomic E-state index is 3.59. The van der Waals surface area contributed by atoms with E-state index in [1.165, 1.54) is 17.7 Å². The van der Waals surface area contributed by atoms with Crippen molar-refractivity contribution in [2.24, 2.45) is 0 Å². The van der Waals surface area contributed by atoms with E-state index in [0.717, 1.165) is 37.2 Å². The smallest absolute Gasteiger partial charge is 0.0413 e. The molecule has 0 amide bonds. The molecule has 1 fully saturated rings. The molecule has 4 heteroatoms. The highest BCUT2D eigenvalue weighted by atomic mass is 79.9. The Bertz CT molecular complexity index is 436. The largest absolute Gasteiger partial charge is 0.368 e. The van der Waals surface area contributed by atoms with Gasteiger partial charge in [-0.3, -0.25) is 4.90 Å². The van der Waals surface area contributed by atoms with Crippen LogP contribution in [0.3, 0.4) is 0 Å². The van der Waals surface area contributed by atoms with Crippen LogP contribution in [0.25, 0.3) is 0 Å². The molecule has 20 heavy (non-hydrogen) atoms. The predicted octanol–water partition coefficient (Wildman–Crippen LogP) is 3.09. The van der Waals surface area contributed by atoms with Gasteiger partial charge >= 0.3 is 0 Å². The van der Waals surface area contributed by atoms with Crippen molar-refractivity contribution in [3.05, 3.63) is 28.2 Å². The standard InChI is InChI=1S/C16H26BrN3/c1-4-15-12-20(9-8-19(15)3)16-7-6-14(17)10-13(16)11-18-5-2/h6-7,10,15,18H,4-5,8-9,11-12H2,1-3H3. The molecule has 1 unspecified atom stereocenters. The van der Waals surface area contributed by atoms with E-state index < -0.39 is 0 Å². The summed E-state index contributed by atoms with van der Waals surface area (Å²) in [6.07, 6.45) is 1.21. The zero-order chi connectivity index (χ0) is 14.5. The fraction of sp³-hybridized carbons (Fsp3) is 0.625. The second-order valence-electron chi connectivity index (χ2n) is 5.54. The molecule has 0 aliphatic carbocycles. The summed E-state index contributed by atoms with van der Waals surface area (Å²) in [5.41, 5.74) is 2.78. The third-order valence-electron chi connectivity index (χ3n) is 4.20. The molecule has 0 saturated carbocycles. The van der Waals surface area contributed by atoms with Crippen LogP contribution in [0.4, 0.5) is 5.69 Å². The summed E-state index contributed by atoms with van der Waals surface area (Å²) in [5.74, 6) is 0. The summed E-state index contributed by atoms with van der Waals surface area (Å²) in [4.78, 5) is 5.03. The van der Waals surface area contributed by atoms with Crippen LogP contribution in [0.5, 0.6) is 0 Å². The zero-order valence-corrected chi connectivity index (χ0v) is 14.4. The number of nitrogens with one attached hydrogen (secondary N) is 1. The molecule has 1 heterocycles. The Kier molecular flexibility index (Phi) is 5.87. The number of hydrogen-bond acceptors (Lipinski definition) is 3. The summed E-state index contributed by atoms with van der Waals surface area (Å²) < 4.78 is 1.16. The van der Waals surface area contributed by atoms with E-state index in [2.05, 4.69) is 70.1 Å². The Labute approximate surface area is 131 Å². The van der Waals surface area contributed by atoms with Gasteiger partial charge in [0.15, 0.2) is 0 Å². The van der Waals surface area contributed by atoms with E-state index in [1.807, 2.05) is 0 Å². The number of likely N-dealkylation sites (N-methyl/N-ethyl adjacent to an activating group) is 1. The highest BCUT2D eigenvalue weighted by Crippen LogP contribution is 2.27. The summed E-state index contributed by atoms with van der Waals surface area (Å²) in [6, 6.07) is 7.33. The Morgan fingerprint density at radius 3 is 2.80 bits per heavy atom. The summed E-state index contributed by atoms with van der Waals surface area (Å²) in [6.45, 7) is 9.78. The molecule has 0 aromatic heterocycles. The molecule has 1 N–H and O–H groups in total. The van der Waals surface area contributed by atoms with Crippen LogP contribution in [-0.2, 0) is 6.54 Å². The number of piperazine rings is 1. The highest BCUT2D eigenvalue weighted by Gasteiger charge is 2.24. The van der Waals surface area contributed by atoms with Gasteiger partial charge in [0, 0.05) is 42.4 Å². The predicted molar refractivity (Wildman–Crippen MR) is 90.4 cm³/mol. The van der Waals surface area contributed by atoms with Crippen molar-refractivity contribution in [1.82, 2.24) is 10.2 Å². The summed E-state index contributed by atoms with van der Waals surface area (Å²) >= 11 is 3.59. The first-order valence-corrected chi connectivity index (χ1v) is 8.39. The van der Waals surface area contributed by atoms with E-state index in [4.69, 9.17) is 0 Å². The van der Waals surface area contributed by atoms with Crippen LogP contribution in [-0.4, -0.2) is 44.2 Å². The number of nitrogens with zero attached hydrogens (tertiary/aromatic N) is 2. The van der Waals surface area contributed by atoms with Gasteiger partial charge in [-0.2, -0.15) is 0 Å². The van der Waals surface area contributed by atoms with Gasteiger partial charge in [0.2, 0.25) is 0 Å². The molecule has 1 aliphatic rings. The maximum Gasteiger partial charge on any atom is 0.0413 e. The fourth-order valence-corrected chi connectivity index (χ4v) is 3.28. The average Bonchev–Trinajstić information content (AvgIpc) is 2.46. The minimum Gasteiger partial charge on any atom is -0.368 e. The lowest BCUT2D eigenvalue weighted by Gasteiger charge is -2.41. The lowest BCUT2D eigenvalue weighted by molar-refractivity contribution is 0.213. The van der Waals surface area contributed by atoms with Gasteiger partial charge in [0.05, 0.1) is 0 Å². The molecule has 1 aliphatic heterocycles. The van der Waals surface area contributed by atoms with Crippen molar-refractivity contribution in [2.75, 3.05) is 38.1 Å². The van der Waals surface area contributed by atoms with Gasteiger partial charge < -0.3 is 10.2 Å². The lowest BCUT2D eigenvalue weighted by Crippen LogP contribution is -2.51. The van der Waals surface area contributed by atoms with Gasteiger partial charge in [-0.1, -0.05) is 29.8 Å². The van der Waals surface area contributed by atoms with E-state index in [-0.39, 0.29) is 0 Å². The van der Waals surface area contributed by atoms with Crippen molar-refractivity contribution in [2.45, 2.75) is 32.9 Å². The molecule has 1 aromatic rings. The summed E-state index contributed by atoms with van der Waals surface area (Å²) in [7, 11) is 2.24. The van der Waals surface area contributed by atoms with Crippen molar-refractivity contribution in [3.8, 4) is 0 Å². The van der Waals surface area contributed by atoms with Crippen molar-refractivity contribution in [1.29, 1.82) is 0 Å². The SMILES string of the molecule is CCNCc1cc(Br)ccc1N1CCN(C)C(CC)C1. The van der Waals surface area contributed by atoms with Crippen molar-refractivity contribution < 1.29 is 0 Å². The zero-order valence-electron chi connectivity index (χ0n) is 12.8. The normalized spacial score (nSPS) is 20.4.